The molecule has 0 atom stereocenters. The molecule has 0 fully saturated rings. The minimum atomic E-state index is -0.692. The fourth-order valence-electron chi connectivity index (χ4n) is 3.19. The van der Waals surface area contributed by atoms with Crippen LogP contribution >= 0.6 is 11.6 Å². The second kappa shape index (κ2) is 9.62. The van der Waals surface area contributed by atoms with E-state index in [1.54, 1.807) is 36.4 Å². The number of hydrogen-bond acceptors (Lipinski definition) is 7. The van der Waals surface area contributed by atoms with E-state index in [0.717, 1.165) is 0 Å². The van der Waals surface area contributed by atoms with Crippen LogP contribution < -0.4 is 14.8 Å². The first-order chi connectivity index (χ1) is 16.0. The van der Waals surface area contributed by atoms with E-state index < -0.39 is 18.5 Å². The highest BCUT2D eigenvalue weighted by molar-refractivity contribution is 6.32. The van der Waals surface area contributed by atoms with E-state index in [1.165, 1.54) is 20.3 Å². The van der Waals surface area contributed by atoms with E-state index in [1.807, 2.05) is 18.2 Å². The molecule has 0 aliphatic carbocycles. The Balaban J connectivity index is 1.48. The number of ether oxygens (including phenoxy) is 3. The quantitative estimate of drug-likeness (QED) is 0.384. The molecule has 0 saturated heterocycles. The molecule has 3 aromatic carbocycles. The van der Waals surface area contributed by atoms with Crippen LogP contribution in [0, 0.1) is 0 Å². The summed E-state index contributed by atoms with van der Waals surface area (Å²) in [5.41, 5.74) is 2.27. The number of benzene rings is 3. The Kier molecular flexibility index (Phi) is 6.46. The van der Waals surface area contributed by atoms with Crippen molar-refractivity contribution in [1.82, 2.24) is 4.98 Å². The molecule has 1 N–H and O–H groups in total. The Hall–Kier alpha value is -4.04. The first kappa shape index (κ1) is 22.2. The summed E-state index contributed by atoms with van der Waals surface area (Å²) in [4.78, 5) is 29.6. The van der Waals surface area contributed by atoms with Crippen LogP contribution in [0.2, 0.25) is 5.02 Å². The molecule has 8 nitrogen and oxygen atoms in total. The summed E-state index contributed by atoms with van der Waals surface area (Å²) < 4.78 is 21.4. The molecule has 0 unspecified atom stereocenters. The van der Waals surface area contributed by atoms with Gasteiger partial charge in [0.25, 0.3) is 5.91 Å². The lowest BCUT2D eigenvalue weighted by atomic mass is 10.1. The van der Waals surface area contributed by atoms with Gasteiger partial charge in [-0.2, -0.15) is 0 Å². The highest BCUT2D eigenvalue weighted by atomic mass is 35.5. The van der Waals surface area contributed by atoms with Gasteiger partial charge in [-0.1, -0.05) is 35.9 Å². The van der Waals surface area contributed by atoms with Gasteiger partial charge in [-0.3, -0.25) is 4.79 Å². The van der Waals surface area contributed by atoms with Crippen LogP contribution in [0.25, 0.3) is 22.6 Å². The first-order valence-electron chi connectivity index (χ1n) is 9.83. The van der Waals surface area contributed by atoms with Gasteiger partial charge >= 0.3 is 5.97 Å². The molecule has 1 heterocycles. The van der Waals surface area contributed by atoms with Crippen molar-refractivity contribution in [3.8, 4) is 23.0 Å². The maximum Gasteiger partial charge on any atom is 0.339 e. The Morgan fingerprint density at radius 2 is 1.73 bits per heavy atom. The molecule has 0 saturated carbocycles. The van der Waals surface area contributed by atoms with E-state index >= 15 is 0 Å². The van der Waals surface area contributed by atoms with Gasteiger partial charge in [0.2, 0.25) is 5.89 Å². The molecule has 0 spiro atoms. The first-order valence-corrected chi connectivity index (χ1v) is 10.2. The van der Waals surface area contributed by atoms with E-state index in [2.05, 4.69) is 10.3 Å². The number of halogens is 1. The van der Waals surface area contributed by atoms with Crippen molar-refractivity contribution in [2.24, 2.45) is 0 Å². The van der Waals surface area contributed by atoms with Gasteiger partial charge in [-0.05, 0) is 30.3 Å². The summed E-state index contributed by atoms with van der Waals surface area (Å²) in [5, 5.41) is 2.90. The number of amides is 1. The van der Waals surface area contributed by atoms with Crippen molar-refractivity contribution in [3.05, 3.63) is 71.2 Å². The highest BCUT2D eigenvalue weighted by Crippen LogP contribution is 2.36. The fraction of sp³-hybridized carbons (Fsp3) is 0.125. The SMILES string of the molecule is COc1cc(OC)c(NC(=O)COC(=O)c2ccccc2-c2nc3ccccc3o2)cc1Cl. The molecule has 33 heavy (non-hydrogen) atoms. The van der Waals surface area contributed by atoms with Gasteiger partial charge in [0, 0.05) is 6.07 Å². The fourth-order valence-corrected chi connectivity index (χ4v) is 3.43. The van der Waals surface area contributed by atoms with Gasteiger partial charge < -0.3 is 23.9 Å². The molecule has 0 radical (unpaired) electrons. The van der Waals surface area contributed by atoms with Crippen LogP contribution in [0.4, 0.5) is 5.69 Å². The van der Waals surface area contributed by atoms with Crippen LogP contribution in [0.3, 0.4) is 0 Å². The number of carbonyl (C=O) groups is 2. The molecule has 0 bridgehead atoms. The number of aromatic nitrogens is 1. The molecule has 0 aliphatic rings. The number of anilines is 1. The van der Waals surface area contributed by atoms with Crippen molar-refractivity contribution >= 4 is 40.3 Å². The summed E-state index contributed by atoms with van der Waals surface area (Å²) in [6.45, 7) is -0.520. The molecular formula is C24H19ClN2O6. The van der Waals surface area contributed by atoms with Crippen LogP contribution in [-0.4, -0.2) is 37.7 Å². The smallest absolute Gasteiger partial charge is 0.339 e. The molecule has 9 heteroatoms. The maximum absolute atomic E-state index is 12.7. The third kappa shape index (κ3) is 4.75. The largest absolute Gasteiger partial charge is 0.495 e. The number of methoxy groups -OCH3 is 2. The standard InChI is InChI=1S/C24H19ClN2O6/c1-30-20-12-21(31-2)18(11-16(20)25)26-22(28)13-32-24(29)15-8-4-3-7-14(15)23-27-17-9-5-6-10-19(17)33-23/h3-12H,13H2,1-2H3,(H,26,28). The molecule has 4 rings (SSSR count). The molecule has 1 amide bonds. The number of oxazole rings is 1. The summed E-state index contributed by atoms with van der Waals surface area (Å²) in [6, 6.07) is 17.0. The number of para-hydroxylation sites is 2. The van der Waals surface area contributed by atoms with Crippen LogP contribution in [-0.2, 0) is 9.53 Å². The van der Waals surface area contributed by atoms with Gasteiger partial charge in [0.15, 0.2) is 12.2 Å². The predicted octanol–water partition coefficient (Wildman–Crippen LogP) is 4.96. The average Bonchev–Trinajstić information content (AvgIpc) is 3.27. The minimum Gasteiger partial charge on any atom is -0.495 e. The third-order valence-corrected chi connectivity index (χ3v) is 5.05. The Morgan fingerprint density at radius 3 is 2.48 bits per heavy atom. The molecule has 0 aliphatic heterocycles. The van der Waals surface area contributed by atoms with Crippen LogP contribution in [0.15, 0.2) is 65.1 Å². The zero-order chi connectivity index (χ0) is 23.4. The van der Waals surface area contributed by atoms with E-state index in [0.29, 0.717) is 33.8 Å². The Morgan fingerprint density at radius 1 is 1.00 bits per heavy atom. The van der Waals surface area contributed by atoms with E-state index in [-0.39, 0.29) is 16.5 Å². The number of nitrogens with one attached hydrogen (secondary N) is 1. The van der Waals surface area contributed by atoms with Crippen molar-refractivity contribution in [3.63, 3.8) is 0 Å². The molecule has 1 aromatic heterocycles. The third-order valence-electron chi connectivity index (χ3n) is 4.75. The van der Waals surface area contributed by atoms with Gasteiger partial charge in [0.05, 0.1) is 36.1 Å². The Labute approximate surface area is 194 Å². The topological polar surface area (TPSA) is 99.9 Å². The van der Waals surface area contributed by atoms with Crippen molar-refractivity contribution in [1.29, 1.82) is 0 Å². The maximum atomic E-state index is 12.7. The number of rotatable bonds is 7. The zero-order valence-electron chi connectivity index (χ0n) is 17.8. The van der Waals surface area contributed by atoms with Crippen molar-refractivity contribution in [2.45, 2.75) is 0 Å². The molecule has 168 valence electrons. The van der Waals surface area contributed by atoms with Gasteiger partial charge in [-0.15, -0.1) is 0 Å². The summed E-state index contributed by atoms with van der Waals surface area (Å²) >= 11 is 6.12. The normalized spacial score (nSPS) is 10.6. The zero-order valence-corrected chi connectivity index (χ0v) is 18.5. The lowest BCUT2D eigenvalue weighted by Crippen LogP contribution is -2.21. The van der Waals surface area contributed by atoms with Gasteiger partial charge in [0.1, 0.15) is 17.0 Å². The lowest BCUT2D eigenvalue weighted by Gasteiger charge is -2.13. The van der Waals surface area contributed by atoms with E-state index in [9.17, 15) is 9.59 Å². The summed E-state index contributed by atoms with van der Waals surface area (Å²) in [5.74, 6) is -0.234. The predicted molar refractivity (Wildman–Crippen MR) is 123 cm³/mol. The Bertz CT molecular complexity index is 1300. The number of nitrogens with zero attached hydrogens (tertiary/aromatic N) is 1. The lowest BCUT2D eigenvalue weighted by molar-refractivity contribution is -0.119. The van der Waals surface area contributed by atoms with Crippen molar-refractivity contribution < 1.29 is 28.2 Å². The monoisotopic (exact) mass is 466 g/mol. The average molecular weight is 467 g/mol. The summed E-state index contributed by atoms with van der Waals surface area (Å²) in [7, 11) is 2.92. The second-order valence-corrected chi connectivity index (χ2v) is 7.25. The number of fused-ring (bicyclic) bond motifs is 1. The molecular weight excluding hydrogens is 448 g/mol. The highest BCUT2D eigenvalue weighted by Gasteiger charge is 2.20. The van der Waals surface area contributed by atoms with Gasteiger partial charge in [-0.25, -0.2) is 9.78 Å². The van der Waals surface area contributed by atoms with E-state index in [4.69, 9.17) is 30.2 Å². The van der Waals surface area contributed by atoms with Crippen LogP contribution in [0.5, 0.6) is 11.5 Å². The van der Waals surface area contributed by atoms with Crippen LogP contribution in [0.1, 0.15) is 10.4 Å². The summed E-state index contributed by atoms with van der Waals surface area (Å²) in [6.07, 6.45) is 0. The van der Waals surface area contributed by atoms with Crippen molar-refractivity contribution in [2.75, 3.05) is 26.1 Å². The molecule has 4 aromatic rings. The minimum absolute atomic E-state index is 0.224. The number of carbonyl (C=O) groups excluding carboxylic acids is 2. The second-order valence-electron chi connectivity index (χ2n) is 6.84. The number of hydrogen-bond donors (Lipinski definition) is 1. The number of esters is 1.